The monoisotopic (exact) mass is 603 g/mol. The van der Waals surface area contributed by atoms with Crippen LogP contribution in [0, 0.1) is 12.8 Å². The molecule has 2 aliphatic heterocycles. The van der Waals surface area contributed by atoms with Gasteiger partial charge in [0.15, 0.2) is 0 Å². The molecular weight excluding hydrogens is 578 g/mol. The Hall–Kier alpha value is -4.42. The predicted octanol–water partition coefficient (Wildman–Crippen LogP) is 4.42. The van der Waals surface area contributed by atoms with Crippen molar-refractivity contribution in [3.8, 4) is 0 Å². The molecule has 0 bridgehead atoms. The maximum absolute atomic E-state index is 13.8. The molecule has 12 heteroatoms. The zero-order chi connectivity index (χ0) is 29.5. The molecule has 214 valence electrons. The number of anilines is 2. The average Bonchev–Trinajstić information content (AvgIpc) is 3.67. The van der Waals surface area contributed by atoms with Crippen molar-refractivity contribution in [2.24, 2.45) is 5.92 Å². The molecular formula is C30H25N3O7S2. The standard InChI is InChI=1S/C30H25N3O7S2/c1-3-39-29(37)17-8-10-18(11-9-17)31-21(34)15-32-28-25(42-30(32)38)22(20-5-4-14-40-20)23-24(41-28)27(36)33(26(23)35)19-12-6-16(2)7-13-19/h4-14,22-24H,3,15H2,1-2H3,(H,31,34)/t22-,23-,24+/m0/s1. The largest absolute Gasteiger partial charge is 0.469 e. The van der Waals surface area contributed by atoms with Gasteiger partial charge in [0.1, 0.15) is 17.6 Å². The van der Waals surface area contributed by atoms with Crippen molar-refractivity contribution in [1.29, 1.82) is 0 Å². The summed E-state index contributed by atoms with van der Waals surface area (Å²) in [6.07, 6.45) is 1.49. The van der Waals surface area contributed by atoms with E-state index in [1.807, 2.05) is 19.1 Å². The van der Waals surface area contributed by atoms with Gasteiger partial charge in [-0.15, -0.1) is 0 Å². The number of fused-ring (bicyclic) bond motifs is 2. The second kappa shape index (κ2) is 11.1. The van der Waals surface area contributed by atoms with Crippen molar-refractivity contribution in [3.63, 3.8) is 0 Å². The molecule has 2 aromatic carbocycles. The van der Waals surface area contributed by atoms with Crippen molar-refractivity contribution in [1.82, 2.24) is 4.57 Å². The van der Waals surface area contributed by atoms with Gasteiger partial charge >= 0.3 is 10.8 Å². The highest BCUT2D eigenvalue weighted by atomic mass is 32.2. The van der Waals surface area contributed by atoms with Crippen LogP contribution in [0.25, 0.3) is 0 Å². The molecule has 42 heavy (non-hydrogen) atoms. The average molecular weight is 604 g/mol. The molecule has 4 aromatic rings. The van der Waals surface area contributed by atoms with Crippen molar-refractivity contribution in [2.45, 2.75) is 36.6 Å². The first-order chi connectivity index (χ1) is 20.3. The summed E-state index contributed by atoms with van der Waals surface area (Å²) in [5, 5.41) is 2.40. The summed E-state index contributed by atoms with van der Waals surface area (Å²) in [7, 11) is 0. The van der Waals surface area contributed by atoms with Crippen LogP contribution in [0.15, 0.2) is 81.2 Å². The van der Waals surface area contributed by atoms with Crippen LogP contribution in [0.5, 0.6) is 0 Å². The fourth-order valence-corrected chi connectivity index (χ4v) is 7.98. The van der Waals surface area contributed by atoms with E-state index in [0.29, 0.717) is 32.6 Å². The zero-order valence-corrected chi connectivity index (χ0v) is 24.2. The number of furan rings is 1. The molecule has 0 unspecified atom stereocenters. The molecule has 6 rings (SSSR count). The molecule has 2 aromatic heterocycles. The second-order valence-electron chi connectivity index (χ2n) is 9.87. The van der Waals surface area contributed by atoms with Crippen LogP contribution in [0.4, 0.5) is 11.4 Å². The number of benzene rings is 2. The number of carbonyl (C=O) groups excluding carboxylic acids is 4. The Kier molecular flexibility index (Phi) is 7.33. The Morgan fingerprint density at radius 1 is 1.00 bits per heavy atom. The first-order valence-corrected chi connectivity index (χ1v) is 14.9. The van der Waals surface area contributed by atoms with Crippen molar-refractivity contribution in [2.75, 3.05) is 16.8 Å². The van der Waals surface area contributed by atoms with Crippen LogP contribution in [0.3, 0.4) is 0 Å². The van der Waals surface area contributed by atoms with Gasteiger partial charge in [-0.05, 0) is 62.4 Å². The summed E-state index contributed by atoms with van der Waals surface area (Å²) in [6, 6.07) is 16.8. The van der Waals surface area contributed by atoms with Gasteiger partial charge in [0.25, 0.3) is 0 Å². The van der Waals surface area contributed by atoms with E-state index in [9.17, 15) is 24.0 Å². The highest BCUT2D eigenvalue weighted by Gasteiger charge is 2.57. The second-order valence-corrected chi connectivity index (χ2v) is 12.0. The first-order valence-electron chi connectivity index (χ1n) is 13.2. The molecule has 3 amide bonds. The first kappa shape index (κ1) is 27.7. The van der Waals surface area contributed by atoms with E-state index in [-0.39, 0.29) is 29.8 Å². The van der Waals surface area contributed by atoms with Gasteiger partial charge in [-0.1, -0.05) is 40.8 Å². The zero-order valence-electron chi connectivity index (χ0n) is 22.6. The van der Waals surface area contributed by atoms with Gasteiger partial charge in [-0.2, -0.15) is 0 Å². The molecule has 1 N–H and O–H groups in total. The number of hydrogen-bond acceptors (Lipinski definition) is 9. The van der Waals surface area contributed by atoms with Gasteiger partial charge in [0.2, 0.25) is 17.7 Å². The number of ether oxygens (including phenoxy) is 1. The number of imide groups is 1. The SMILES string of the molecule is CCOC(=O)c1ccc(NC(=O)Cn2c3c(sc2=O)[C@@H](c2ccco2)[C@@H]2C(=O)N(c4ccc(C)cc4)C(=O)[C@@H]2S3)cc1. The lowest BCUT2D eigenvalue weighted by molar-refractivity contribution is -0.122. The normalized spacial score (nSPS) is 19.4. The molecule has 4 heterocycles. The third-order valence-electron chi connectivity index (χ3n) is 7.17. The van der Waals surface area contributed by atoms with E-state index in [1.165, 1.54) is 15.7 Å². The Morgan fingerprint density at radius 3 is 2.40 bits per heavy atom. The Bertz CT molecular complexity index is 1740. The molecule has 3 atom stereocenters. The summed E-state index contributed by atoms with van der Waals surface area (Å²) in [5.74, 6) is -2.63. The number of carbonyl (C=O) groups is 4. The van der Waals surface area contributed by atoms with Crippen LogP contribution >= 0.6 is 23.1 Å². The van der Waals surface area contributed by atoms with Gasteiger partial charge < -0.3 is 14.5 Å². The van der Waals surface area contributed by atoms with Crippen molar-refractivity contribution >= 4 is 58.2 Å². The number of rotatable bonds is 7. The minimum Gasteiger partial charge on any atom is -0.469 e. The number of aromatic nitrogens is 1. The quantitative estimate of drug-likeness (QED) is 0.243. The molecule has 0 spiro atoms. The molecule has 0 saturated carbocycles. The van der Waals surface area contributed by atoms with E-state index < -0.39 is 29.0 Å². The lowest BCUT2D eigenvalue weighted by Crippen LogP contribution is -2.32. The Balaban J connectivity index is 1.30. The third-order valence-corrected chi connectivity index (χ3v) is 9.78. The number of thiazole rings is 1. The molecule has 10 nitrogen and oxygen atoms in total. The summed E-state index contributed by atoms with van der Waals surface area (Å²) < 4.78 is 12.0. The number of hydrogen-bond donors (Lipinski definition) is 1. The highest BCUT2D eigenvalue weighted by molar-refractivity contribution is 8.00. The van der Waals surface area contributed by atoms with E-state index >= 15 is 0 Å². The van der Waals surface area contributed by atoms with Crippen molar-refractivity contribution in [3.05, 3.63) is 98.4 Å². The molecule has 0 aliphatic carbocycles. The number of nitrogens with zero attached hydrogens (tertiary/aromatic N) is 2. The maximum atomic E-state index is 13.8. The fraction of sp³-hybridized carbons (Fsp3) is 0.233. The molecule has 0 radical (unpaired) electrons. The number of aryl methyl sites for hydroxylation is 1. The molecule has 1 fully saturated rings. The Morgan fingerprint density at radius 2 is 1.74 bits per heavy atom. The number of nitrogens with one attached hydrogen (secondary N) is 1. The summed E-state index contributed by atoms with van der Waals surface area (Å²) in [4.78, 5) is 67.1. The number of amides is 3. The minimum absolute atomic E-state index is 0.251. The van der Waals surface area contributed by atoms with Gasteiger partial charge in [0, 0.05) is 5.69 Å². The lowest BCUT2D eigenvalue weighted by Gasteiger charge is -2.29. The smallest absolute Gasteiger partial charge is 0.338 e. The molecule has 2 aliphatic rings. The van der Waals surface area contributed by atoms with E-state index in [4.69, 9.17) is 9.15 Å². The van der Waals surface area contributed by atoms with Crippen LogP contribution < -0.4 is 15.1 Å². The van der Waals surface area contributed by atoms with Crippen molar-refractivity contribution < 1.29 is 28.3 Å². The maximum Gasteiger partial charge on any atom is 0.338 e. The predicted molar refractivity (Wildman–Crippen MR) is 157 cm³/mol. The topological polar surface area (TPSA) is 128 Å². The van der Waals surface area contributed by atoms with Gasteiger partial charge in [-0.25, -0.2) is 9.69 Å². The van der Waals surface area contributed by atoms with Gasteiger partial charge in [-0.3, -0.25) is 23.7 Å². The van der Waals surface area contributed by atoms with Crippen LogP contribution in [0.2, 0.25) is 0 Å². The van der Waals surface area contributed by atoms with E-state index in [0.717, 1.165) is 28.7 Å². The molecule has 1 saturated heterocycles. The summed E-state index contributed by atoms with van der Waals surface area (Å²) in [5.41, 5.74) is 2.27. The van der Waals surface area contributed by atoms with E-state index in [1.54, 1.807) is 55.5 Å². The number of thioether (sulfide) groups is 1. The summed E-state index contributed by atoms with van der Waals surface area (Å²) in [6.45, 7) is 3.59. The minimum atomic E-state index is -0.805. The van der Waals surface area contributed by atoms with E-state index in [2.05, 4.69) is 5.32 Å². The Labute approximate surface area is 248 Å². The summed E-state index contributed by atoms with van der Waals surface area (Å²) >= 11 is 2.08. The number of esters is 1. The highest BCUT2D eigenvalue weighted by Crippen LogP contribution is 2.53. The third kappa shape index (κ3) is 4.86. The van der Waals surface area contributed by atoms with Gasteiger partial charge in [0.05, 0.1) is 45.9 Å². The lowest BCUT2D eigenvalue weighted by atomic mass is 9.87. The van der Waals surface area contributed by atoms with Crippen LogP contribution in [-0.2, 0) is 25.7 Å². The fourth-order valence-electron chi connectivity index (χ4n) is 5.23. The van der Waals surface area contributed by atoms with Crippen LogP contribution in [0.1, 0.15) is 39.4 Å². The van der Waals surface area contributed by atoms with Crippen LogP contribution in [-0.4, -0.2) is 40.1 Å².